The molecule has 5 nitrogen and oxygen atoms in total. The number of benzene rings is 1. The molecule has 1 atom stereocenters. The van der Waals surface area contributed by atoms with E-state index in [-0.39, 0.29) is 12.5 Å². The summed E-state index contributed by atoms with van der Waals surface area (Å²) < 4.78 is 0. The Morgan fingerprint density at radius 2 is 2.15 bits per heavy atom. The van der Waals surface area contributed by atoms with E-state index >= 15 is 0 Å². The molecule has 0 bridgehead atoms. The van der Waals surface area contributed by atoms with E-state index in [1.165, 1.54) is 4.90 Å². The van der Waals surface area contributed by atoms with Gasteiger partial charge < -0.3 is 15.3 Å². The Kier molecular flexibility index (Phi) is 4.98. The lowest BCUT2D eigenvalue weighted by molar-refractivity contribution is -0.144. The molecule has 0 aliphatic carbocycles. The molecule has 1 heterocycles. The summed E-state index contributed by atoms with van der Waals surface area (Å²) in [5.41, 5.74) is 0.420. The standard InChI is InChI=1S/C14H17ClN2O3/c15-11-5-1-2-6-12(11)16-13(19)14(20)17-7-3-4-10(8-17)9-18/h1-2,5-6,10,18H,3-4,7-9H2,(H,16,19). The molecule has 1 aliphatic rings. The first-order valence-corrected chi connectivity index (χ1v) is 6.95. The maximum absolute atomic E-state index is 12.1. The van der Waals surface area contributed by atoms with Gasteiger partial charge in [-0.15, -0.1) is 0 Å². The minimum absolute atomic E-state index is 0.0376. The Balaban J connectivity index is 1.98. The molecule has 1 fully saturated rings. The highest BCUT2D eigenvalue weighted by Crippen LogP contribution is 2.21. The van der Waals surface area contributed by atoms with Crippen molar-refractivity contribution in [2.24, 2.45) is 5.92 Å². The SMILES string of the molecule is O=C(Nc1ccccc1Cl)C(=O)N1CCCC(CO)C1. The summed E-state index contributed by atoms with van der Waals surface area (Å²) in [6, 6.07) is 6.76. The number of likely N-dealkylation sites (tertiary alicyclic amines) is 1. The van der Waals surface area contributed by atoms with E-state index in [1.807, 2.05) is 0 Å². The average molecular weight is 297 g/mol. The fourth-order valence-corrected chi connectivity index (χ4v) is 2.46. The summed E-state index contributed by atoms with van der Waals surface area (Å²) >= 11 is 5.93. The number of anilines is 1. The van der Waals surface area contributed by atoms with Crippen molar-refractivity contribution < 1.29 is 14.7 Å². The van der Waals surface area contributed by atoms with Crippen LogP contribution in [-0.4, -0.2) is 41.5 Å². The van der Waals surface area contributed by atoms with Crippen LogP contribution in [0.4, 0.5) is 5.69 Å². The summed E-state index contributed by atoms with van der Waals surface area (Å²) in [7, 11) is 0. The number of hydrogen-bond acceptors (Lipinski definition) is 3. The molecule has 0 spiro atoms. The quantitative estimate of drug-likeness (QED) is 0.813. The van der Waals surface area contributed by atoms with Gasteiger partial charge in [-0.3, -0.25) is 9.59 Å². The van der Waals surface area contributed by atoms with Gasteiger partial charge in [-0.25, -0.2) is 0 Å². The first-order chi connectivity index (χ1) is 9.61. The smallest absolute Gasteiger partial charge is 0.313 e. The van der Waals surface area contributed by atoms with Crippen LogP contribution in [0.1, 0.15) is 12.8 Å². The summed E-state index contributed by atoms with van der Waals surface area (Å²) in [6.45, 7) is 1.01. The van der Waals surface area contributed by atoms with Gasteiger partial charge in [0.15, 0.2) is 0 Å². The second kappa shape index (κ2) is 6.72. The molecule has 1 unspecified atom stereocenters. The zero-order valence-electron chi connectivity index (χ0n) is 11.0. The van der Waals surface area contributed by atoms with Crippen molar-refractivity contribution in [2.75, 3.05) is 25.0 Å². The number of halogens is 1. The van der Waals surface area contributed by atoms with Crippen LogP contribution < -0.4 is 5.32 Å². The number of nitrogens with one attached hydrogen (secondary N) is 1. The third kappa shape index (κ3) is 3.49. The van der Waals surface area contributed by atoms with Gasteiger partial charge in [0.25, 0.3) is 0 Å². The van der Waals surface area contributed by atoms with Gasteiger partial charge in [-0.2, -0.15) is 0 Å². The van der Waals surface area contributed by atoms with Crippen LogP contribution in [0.3, 0.4) is 0 Å². The zero-order valence-corrected chi connectivity index (χ0v) is 11.8. The lowest BCUT2D eigenvalue weighted by Gasteiger charge is -2.31. The first kappa shape index (κ1) is 14.8. The average Bonchev–Trinajstić information content (AvgIpc) is 2.48. The van der Waals surface area contributed by atoms with Crippen LogP contribution >= 0.6 is 11.6 Å². The van der Waals surface area contributed by atoms with E-state index < -0.39 is 11.8 Å². The number of hydrogen-bond donors (Lipinski definition) is 2. The third-order valence-electron chi connectivity index (χ3n) is 3.38. The van der Waals surface area contributed by atoms with Gasteiger partial charge in [0.2, 0.25) is 0 Å². The van der Waals surface area contributed by atoms with Crippen molar-refractivity contribution in [3.63, 3.8) is 0 Å². The molecule has 1 aromatic carbocycles. The number of aliphatic hydroxyl groups is 1. The van der Waals surface area contributed by atoms with Crippen molar-refractivity contribution >= 4 is 29.1 Å². The monoisotopic (exact) mass is 296 g/mol. The molecule has 0 saturated carbocycles. The molecule has 0 aromatic heterocycles. The molecular weight excluding hydrogens is 280 g/mol. The molecule has 2 rings (SSSR count). The molecular formula is C14H17ClN2O3. The van der Waals surface area contributed by atoms with Gasteiger partial charge in [-0.1, -0.05) is 23.7 Å². The van der Waals surface area contributed by atoms with Crippen molar-refractivity contribution in [2.45, 2.75) is 12.8 Å². The number of carbonyl (C=O) groups is 2. The van der Waals surface area contributed by atoms with E-state index in [9.17, 15) is 9.59 Å². The minimum atomic E-state index is -0.698. The third-order valence-corrected chi connectivity index (χ3v) is 3.71. The van der Waals surface area contributed by atoms with E-state index in [2.05, 4.69) is 5.32 Å². The largest absolute Gasteiger partial charge is 0.396 e. The van der Waals surface area contributed by atoms with Crippen molar-refractivity contribution in [3.8, 4) is 0 Å². The van der Waals surface area contributed by atoms with Gasteiger partial charge in [0.1, 0.15) is 0 Å². The number of rotatable bonds is 2. The zero-order chi connectivity index (χ0) is 14.5. The molecule has 6 heteroatoms. The Labute approximate surface area is 122 Å². The predicted molar refractivity (Wildman–Crippen MR) is 76.5 cm³/mol. The summed E-state index contributed by atoms with van der Waals surface area (Å²) in [6.07, 6.45) is 1.68. The molecule has 0 radical (unpaired) electrons. The van der Waals surface area contributed by atoms with Crippen LogP contribution in [0.25, 0.3) is 0 Å². The highest BCUT2D eigenvalue weighted by Gasteiger charge is 2.27. The van der Waals surface area contributed by atoms with Gasteiger partial charge in [0, 0.05) is 19.7 Å². The number of aliphatic hydroxyl groups excluding tert-OH is 1. The number of nitrogens with zero attached hydrogens (tertiary/aromatic N) is 1. The Bertz CT molecular complexity index is 507. The second-order valence-corrected chi connectivity index (χ2v) is 5.28. The Morgan fingerprint density at radius 3 is 2.85 bits per heavy atom. The molecule has 20 heavy (non-hydrogen) atoms. The van der Waals surface area contributed by atoms with Crippen molar-refractivity contribution in [3.05, 3.63) is 29.3 Å². The van der Waals surface area contributed by atoms with Crippen LogP contribution in [0.2, 0.25) is 5.02 Å². The maximum Gasteiger partial charge on any atom is 0.313 e. The number of para-hydroxylation sites is 1. The van der Waals surface area contributed by atoms with E-state index in [4.69, 9.17) is 16.7 Å². The second-order valence-electron chi connectivity index (χ2n) is 4.88. The van der Waals surface area contributed by atoms with E-state index in [1.54, 1.807) is 24.3 Å². The predicted octanol–water partition coefficient (Wildman–Crippen LogP) is 1.51. The number of piperidine rings is 1. The number of amides is 2. The van der Waals surface area contributed by atoms with E-state index in [0.29, 0.717) is 23.8 Å². The van der Waals surface area contributed by atoms with Crippen LogP contribution in [0.15, 0.2) is 24.3 Å². The Hall–Kier alpha value is -1.59. The maximum atomic E-state index is 12.1. The lowest BCUT2D eigenvalue weighted by atomic mass is 9.99. The fraction of sp³-hybridized carbons (Fsp3) is 0.429. The highest BCUT2D eigenvalue weighted by atomic mass is 35.5. The normalized spacial score (nSPS) is 18.7. The molecule has 1 aliphatic heterocycles. The molecule has 2 N–H and O–H groups in total. The molecule has 1 saturated heterocycles. The molecule has 1 aromatic rings. The van der Waals surface area contributed by atoms with Crippen LogP contribution in [0.5, 0.6) is 0 Å². The minimum Gasteiger partial charge on any atom is -0.396 e. The van der Waals surface area contributed by atoms with Crippen LogP contribution in [-0.2, 0) is 9.59 Å². The Morgan fingerprint density at radius 1 is 1.40 bits per heavy atom. The molecule has 2 amide bonds. The van der Waals surface area contributed by atoms with Gasteiger partial charge >= 0.3 is 11.8 Å². The van der Waals surface area contributed by atoms with Crippen LogP contribution in [0, 0.1) is 5.92 Å². The molecule has 108 valence electrons. The summed E-state index contributed by atoms with van der Waals surface area (Å²) in [5.74, 6) is -1.22. The number of carbonyl (C=O) groups excluding carboxylic acids is 2. The highest BCUT2D eigenvalue weighted by molar-refractivity contribution is 6.41. The van der Waals surface area contributed by atoms with Crippen molar-refractivity contribution in [1.82, 2.24) is 4.90 Å². The summed E-state index contributed by atoms with van der Waals surface area (Å²) in [5, 5.41) is 12.0. The fourth-order valence-electron chi connectivity index (χ4n) is 2.28. The first-order valence-electron chi connectivity index (χ1n) is 6.57. The topological polar surface area (TPSA) is 69.6 Å². The lowest BCUT2D eigenvalue weighted by Crippen LogP contribution is -2.45. The summed E-state index contributed by atoms with van der Waals surface area (Å²) in [4.78, 5) is 25.5. The van der Waals surface area contributed by atoms with Crippen molar-refractivity contribution in [1.29, 1.82) is 0 Å². The van der Waals surface area contributed by atoms with E-state index in [0.717, 1.165) is 12.8 Å². The van der Waals surface area contributed by atoms with Gasteiger partial charge in [0.05, 0.1) is 10.7 Å². The van der Waals surface area contributed by atoms with Gasteiger partial charge in [-0.05, 0) is 30.9 Å².